The molecule has 6 rings (SSSR count). The zero-order valence-electron chi connectivity index (χ0n) is 26.1. The Bertz CT molecular complexity index is 1650. The average molecular weight is 627 g/mol. The number of likely N-dealkylation sites (N-methyl/N-ethyl adjacent to an activating group) is 1. The van der Waals surface area contributed by atoms with Crippen molar-refractivity contribution in [2.24, 2.45) is 0 Å². The molecule has 2 heterocycles. The van der Waals surface area contributed by atoms with Gasteiger partial charge in [-0.15, -0.1) is 0 Å². The topological polar surface area (TPSA) is 73.4 Å². The lowest BCUT2D eigenvalue weighted by atomic mass is 9.83. The van der Waals surface area contributed by atoms with Crippen LogP contribution in [-0.2, 0) is 32.5 Å². The van der Waals surface area contributed by atoms with Gasteiger partial charge < -0.3 is 14.5 Å². The molecule has 1 fully saturated rings. The highest BCUT2D eigenvalue weighted by atomic mass is 32.2. The van der Waals surface area contributed by atoms with E-state index < -0.39 is 10.0 Å². The Morgan fingerprint density at radius 1 is 0.844 bits per heavy atom. The molecule has 0 bridgehead atoms. The summed E-state index contributed by atoms with van der Waals surface area (Å²) in [6, 6.07) is 25.7. The number of carbonyl (C=O) groups excluding carboxylic acids is 1. The Balaban J connectivity index is 1.21. The summed E-state index contributed by atoms with van der Waals surface area (Å²) < 4.78 is 34.7. The first-order valence-corrected chi connectivity index (χ1v) is 17.2. The van der Waals surface area contributed by atoms with E-state index in [9.17, 15) is 13.2 Å². The van der Waals surface area contributed by atoms with Gasteiger partial charge in [0, 0.05) is 51.4 Å². The third-order valence-corrected chi connectivity index (χ3v) is 11.0. The fraction of sp³-hybridized carbons (Fsp3) is 0.361. The third kappa shape index (κ3) is 6.85. The Morgan fingerprint density at radius 3 is 2.18 bits per heavy atom. The van der Waals surface area contributed by atoms with Gasteiger partial charge in [0.25, 0.3) is 10.0 Å². The van der Waals surface area contributed by atoms with Gasteiger partial charge in [-0.25, -0.2) is 8.42 Å². The quantitative estimate of drug-likeness (QED) is 0.331. The lowest BCUT2D eigenvalue weighted by molar-refractivity contribution is -0.128. The van der Waals surface area contributed by atoms with Crippen LogP contribution in [0, 0.1) is 0 Å². The van der Waals surface area contributed by atoms with Gasteiger partial charge in [-0.05, 0) is 66.4 Å². The number of sulfonamides is 1. The molecule has 45 heavy (non-hydrogen) atoms. The maximum atomic E-state index is 13.8. The molecular formula is C36H42N4O4S. The molecular weight excluding hydrogens is 584 g/mol. The smallest absolute Gasteiger partial charge is 0.264 e. The fourth-order valence-corrected chi connectivity index (χ4v) is 8.10. The largest absolute Gasteiger partial charge is 0.501 e. The van der Waals surface area contributed by atoms with Crippen molar-refractivity contribution in [2.45, 2.75) is 43.2 Å². The zero-order valence-corrected chi connectivity index (χ0v) is 27.0. The van der Waals surface area contributed by atoms with Gasteiger partial charge in [0.05, 0.1) is 36.4 Å². The molecule has 1 atom stereocenters. The van der Waals surface area contributed by atoms with Crippen LogP contribution in [0.4, 0.5) is 5.69 Å². The number of nitrogens with zero attached hydrogens (tertiary/aromatic N) is 4. The molecule has 236 valence electrons. The minimum Gasteiger partial charge on any atom is -0.501 e. The van der Waals surface area contributed by atoms with Gasteiger partial charge >= 0.3 is 0 Å². The van der Waals surface area contributed by atoms with E-state index in [1.807, 2.05) is 47.4 Å². The van der Waals surface area contributed by atoms with Crippen LogP contribution in [0.5, 0.6) is 0 Å². The second-order valence-electron chi connectivity index (χ2n) is 12.1. The van der Waals surface area contributed by atoms with Crippen LogP contribution >= 0.6 is 0 Å². The molecule has 8 nitrogen and oxygen atoms in total. The zero-order chi connectivity index (χ0) is 31.4. The molecule has 1 unspecified atom stereocenters. The number of allylic oxidation sites excluding steroid dienone is 1. The minimum absolute atomic E-state index is 0.0361. The third-order valence-electron chi connectivity index (χ3n) is 9.21. The van der Waals surface area contributed by atoms with Crippen molar-refractivity contribution in [3.63, 3.8) is 0 Å². The molecule has 0 radical (unpaired) electrons. The van der Waals surface area contributed by atoms with E-state index in [4.69, 9.17) is 4.74 Å². The van der Waals surface area contributed by atoms with E-state index in [0.717, 1.165) is 62.3 Å². The SMILES string of the molecule is COC1=C2CCN(C(=O)Cc3ccc(N(Cc4ccccc4)S(=O)(=O)c4ccccc4)cc3)C=C2C(N2CCN(C)CC2)CC1. The average Bonchev–Trinajstić information content (AvgIpc) is 3.08. The van der Waals surface area contributed by atoms with Crippen LogP contribution in [0.2, 0.25) is 0 Å². The molecule has 1 aliphatic carbocycles. The van der Waals surface area contributed by atoms with E-state index >= 15 is 0 Å². The lowest BCUT2D eigenvalue weighted by Crippen LogP contribution is -2.51. The maximum Gasteiger partial charge on any atom is 0.264 e. The van der Waals surface area contributed by atoms with Gasteiger partial charge in [-0.1, -0.05) is 60.7 Å². The Kier molecular flexibility index (Phi) is 9.40. The number of rotatable bonds is 9. The second kappa shape index (κ2) is 13.6. The molecule has 1 saturated heterocycles. The van der Waals surface area contributed by atoms with E-state index in [0.29, 0.717) is 18.3 Å². The van der Waals surface area contributed by atoms with Crippen LogP contribution < -0.4 is 4.31 Å². The highest BCUT2D eigenvalue weighted by molar-refractivity contribution is 7.92. The Labute approximate surface area is 267 Å². The Morgan fingerprint density at radius 2 is 1.51 bits per heavy atom. The van der Waals surface area contributed by atoms with Crippen LogP contribution in [0.25, 0.3) is 0 Å². The molecule has 2 aliphatic heterocycles. The molecule has 1 amide bonds. The standard InChI is InChI=1S/C36H42N4O4S/c1-37-21-23-38(24-22-37)34-17-18-35(44-2)32-19-20-39(27-33(32)34)36(41)25-28-13-15-30(16-14-28)40(26-29-9-5-3-6-10-29)45(42,43)31-11-7-4-8-12-31/h3-16,27,34H,17-26H2,1-2H3. The first kappa shape index (κ1) is 31.1. The van der Waals surface area contributed by atoms with E-state index in [1.54, 1.807) is 49.6 Å². The van der Waals surface area contributed by atoms with Crippen molar-refractivity contribution in [1.29, 1.82) is 0 Å². The highest BCUT2D eigenvalue weighted by Gasteiger charge is 2.35. The molecule has 3 aliphatic rings. The Hall–Kier alpha value is -3.92. The van der Waals surface area contributed by atoms with Crippen molar-refractivity contribution in [2.75, 3.05) is 51.2 Å². The summed E-state index contributed by atoms with van der Waals surface area (Å²) in [4.78, 5) is 20.7. The maximum absolute atomic E-state index is 13.8. The molecule has 0 saturated carbocycles. The summed E-state index contributed by atoms with van der Waals surface area (Å²) in [6.45, 7) is 4.97. The number of hydrogen-bond donors (Lipinski definition) is 0. The number of ether oxygens (including phenoxy) is 1. The summed E-state index contributed by atoms with van der Waals surface area (Å²) >= 11 is 0. The van der Waals surface area contributed by atoms with Crippen molar-refractivity contribution in [3.05, 3.63) is 119 Å². The number of amides is 1. The van der Waals surface area contributed by atoms with Gasteiger partial charge in [-0.2, -0.15) is 0 Å². The first-order chi connectivity index (χ1) is 21.8. The number of methoxy groups -OCH3 is 1. The predicted molar refractivity (Wildman–Crippen MR) is 177 cm³/mol. The number of anilines is 1. The molecule has 0 N–H and O–H groups in total. The number of hydrogen-bond acceptors (Lipinski definition) is 6. The summed E-state index contributed by atoms with van der Waals surface area (Å²) in [6.07, 6.45) is 5.03. The molecule has 3 aromatic rings. The van der Waals surface area contributed by atoms with E-state index in [-0.39, 0.29) is 23.8 Å². The van der Waals surface area contributed by atoms with Crippen LogP contribution in [0.15, 0.2) is 113 Å². The fourth-order valence-electron chi connectivity index (χ4n) is 6.62. The summed E-state index contributed by atoms with van der Waals surface area (Å²) in [5.41, 5.74) is 4.77. The summed E-state index contributed by atoms with van der Waals surface area (Å²) in [5.74, 6) is 1.09. The van der Waals surface area contributed by atoms with Crippen LogP contribution in [0.1, 0.15) is 30.4 Å². The van der Waals surface area contributed by atoms with Crippen molar-refractivity contribution in [3.8, 4) is 0 Å². The molecule has 0 aromatic heterocycles. The van der Waals surface area contributed by atoms with Crippen molar-refractivity contribution < 1.29 is 17.9 Å². The lowest BCUT2D eigenvalue weighted by Gasteiger charge is -2.43. The molecule has 0 spiro atoms. The van der Waals surface area contributed by atoms with Crippen molar-refractivity contribution in [1.82, 2.24) is 14.7 Å². The summed E-state index contributed by atoms with van der Waals surface area (Å²) in [7, 11) is 0.110. The van der Waals surface area contributed by atoms with Crippen molar-refractivity contribution >= 4 is 21.6 Å². The molecule has 9 heteroatoms. The van der Waals surface area contributed by atoms with Gasteiger partial charge in [0.1, 0.15) is 0 Å². The highest BCUT2D eigenvalue weighted by Crippen LogP contribution is 2.38. The predicted octanol–water partition coefficient (Wildman–Crippen LogP) is 5.05. The van der Waals surface area contributed by atoms with Gasteiger partial charge in [-0.3, -0.25) is 14.0 Å². The molecule has 3 aromatic carbocycles. The monoisotopic (exact) mass is 626 g/mol. The van der Waals surface area contributed by atoms with E-state index in [2.05, 4.69) is 23.0 Å². The number of fused-ring (bicyclic) bond motifs is 1. The van der Waals surface area contributed by atoms with Gasteiger partial charge in [0.15, 0.2) is 0 Å². The van der Waals surface area contributed by atoms with E-state index in [1.165, 1.54) is 15.5 Å². The summed E-state index contributed by atoms with van der Waals surface area (Å²) in [5, 5.41) is 0. The number of piperazine rings is 1. The van der Waals surface area contributed by atoms with Gasteiger partial charge in [0.2, 0.25) is 5.91 Å². The normalized spacial score (nSPS) is 19.6. The number of benzene rings is 3. The van der Waals surface area contributed by atoms with Crippen LogP contribution in [-0.4, -0.2) is 81.9 Å². The minimum atomic E-state index is -3.81. The van der Waals surface area contributed by atoms with Crippen LogP contribution in [0.3, 0.4) is 0 Å². The number of carbonyl (C=O) groups is 1. The second-order valence-corrected chi connectivity index (χ2v) is 13.9. The first-order valence-electron chi connectivity index (χ1n) is 15.7.